The first-order valence-corrected chi connectivity index (χ1v) is 9.39. The number of nitrogens with zero attached hydrogens (tertiary/aromatic N) is 2. The van der Waals surface area contributed by atoms with Crippen molar-refractivity contribution in [2.45, 2.75) is 24.8 Å². The van der Waals surface area contributed by atoms with E-state index in [0.717, 1.165) is 12.8 Å². The van der Waals surface area contributed by atoms with E-state index in [-0.39, 0.29) is 17.6 Å². The molecule has 3 aromatic rings. The van der Waals surface area contributed by atoms with Gasteiger partial charge < -0.3 is 16.0 Å². The van der Waals surface area contributed by atoms with Gasteiger partial charge in [0.25, 0.3) is 5.56 Å². The van der Waals surface area contributed by atoms with Crippen LogP contribution in [0.25, 0.3) is 10.9 Å². The van der Waals surface area contributed by atoms with Crippen LogP contribution in [0.1, 0.15) is 24.3 Å². The van der Waals surface area contributed by atoms with Crippen molar-refractivity contribution in [1.82, 2.24) is 25.8 Å². The van der Waals surface area contributed by atoms with Gasteiger partial charge in [0.1, 0.15) is 5.52 Å². The summed E-state index contributed by atoms with van der Waals surface area (Å²) in [7, 11) is 0. The summed E-state index contributed by atoms with van der Waals surface area (Å²) in [6.07, 6.45) is 3.33. The molecule has 0 saturated heterocycles. The Balaban J connectivity index is 1.18. The molecule has 144 valence electrons. The molecular formula is C20H22N6O2. The maximum Gasteiger partial charge on any atom is 0.315 e. The number of fused-ring (bicyclic) bond motifs is 1. The van der Waals surface area contributed by atoms with Crippen molar-refractivity contribution < 1.29 is 4.79 Å². The molecule has 28 heavy (non-hydrogen) atoms. The van der Waals surface area contributed by atoms with Crippen molar-refractivity contribution in [2.24, 2.45) is 0 Å². The summed E-state index contributed by atoms with van der Waals surface area (Å²) >= 11 is 0. The largest absolute Gasteiger partial charge is 0.367 e. The van der Waals surface area contributed by atoms with Crippen molar-refractivity contribution in [3.8, 4) is 0 Å². The Morgan fingerprint density at radius 1 is 1.14 bits per heavy atom. The van der Waals surface area contributed by atoms with E-state index in [0.29, 0.717) is 35.7 Å². The quantitative estimate of drug-likeness (QED) is 0.470. The highest BCUT2D eigenvalue weighted by atomic mass is 16.2. The number of H-pyrrole nitrogens is 1. The van der Waals surface area contributed by atoms with Gasteiger partial charge in [0.05, 0.1) is 5.39 Å². The first-order chi connectivity index (χ1) is 13.7. The molecule has 4 rings (SSSR count). The Morgan fingerprint density at radius 2 is 2.00 bits per heavy atom. The Bertz CT molecular complexity index is 1020. The average molecular weight is 378 g/mol. The van der Waals surface area contributed by atoms with E-state index in [9.17, 15) is 9.59 Å². The van der Waals surface area contributed by atoms with Gasteiger partial charge in [-0.05, 0) is 30.5 Å². The minimum Gasteiger partial charge on any atom is -0.367 e. The van der Waals surface area contributed by atoms with E-state index < -0.39 is 0 Å². The first kappa shape index (κ1) is 18.0. The lowest BCUT2D eigenvalue weighted by Crippen LogP contribution is -2.38. The number of anilines is 1. The predicted octanol–water partition coefficient (Wildman–Crippen LogP) is 1.98. The summed E-state index contributed by atoms with van der Waals surface area (Å²) in [4.78, 5) is 28.0. The fourth-order valence-corrected chi connectivity index (χ4v) is 3.26. The molecular weight excluding hydrogens is 356 g/mol. The number of nitrogens with one attached hydrogen (secondary N) is 4. The topological polar surface area (TPSA) is 112 Å². The average Bonchev–Trinajstić information content (AvgIpc) is 3.49. The lowest BCUT2D eigenvalue weighted by atomic mass is 10.1. The van der Waals surface area contributed by atoms with Crippen molar-refractivity contribution in [3.05, 3.63) is 64.6 Å². The summed E-state index contributed by atoms with van der Waals surface area (Å²) < 4.78 is 0. The molecule has 0 spiro atoms. The van der Waals surface area contributed by atoms with Gasteiger partial charge in [-0.25, -0.2) is 9.89 Å². The molecule has 1 saturated carbocycles. The van der Waals surface area contributed by atoms with Gasteiger partial charge in [0.2, 0.25) is 0 Å². The summed E-state index contributed by atoms with van der Waals surface area (Å²) in [5, 5.41) is 16.0. The molecule has 2 amide bonds. The molecule has 8 nitrogen and oxygen atoms in total. The van der Waals surface area contributed by atoms with E-state index in [1.165, 1.54) is 5.56 Å². The van der Waals surface area contributed by atoms with Crippen LogP contribution in [0.4, 0.5) is 10.6 Å². The summed E-state index contributed by atoms with van der Waals surface area (Å²) in [6.45, 7) is 1.14. The predicted molar refractivity (Wildman–Crippen MR) is 107 cm³/mol. The minimum absolute atomic E-state index is 0.141. The van der Waals surface area contributed by atoms with Gasteiger partial charge >= 0.3 is 6.03 Å². The Labute approximate surface area is 161 Å². The monoisotopic (exact) mass is 378 g/mol. The number of hydrogen-bond donors (Lipinski definition) is 4. The molecule has 0 bridgehead atoms. The highest BCUT2D eigenvalue weighted by Crippen LogP contribution is 2.40. The molecule has 4 N–H and O–H groups in total. The summed E-state index contributed by atoms with van der Waals surface area (Å²) in [5.41, 5.74) is 1.55. The van der Waals surface area contributed by atoms with Crippen LogP contribution in [0.15, 0.2) is 53.5 Å². The smallest absolute Gasteiger partial charge is 0.315 e. The third-order valence-corrected chi connectivity index (χ3v) is 4.81. The van der Waals surface area contributed by atoms with E-state index >= 15 is 0 Å². The van der Waals surface area contributed by atoms with Crippen LogP contribution < -0.4 is 21.5 Å². The standard InChI is InChI=1S/C20H22N6O2/c27-19-14-8-4-9-21-17(14)18(25-26-19)22-10-5-11-23-20(28)24-16-12-15(16)13-6-2-1-3-7-13/h1-4,6-9,15-16H,5,10-12H2,(H,22,25)(H,26,27)(H2,23,24,28). The SMILES string of the molecule is O=C(NCCCNc1n[nH]c(=O)c2cccnc12)NC1CC1c1ccccc1. The second-order valence-corrected chi connectivity index (χ2v) is 6.84. The molecule has 2 unspecified atom stereocenters. The van der Waals surface area contributed by atoms with Gasteiger partial charge in [0.15, 0.2) is 5.82 Å². The molecule has 1 aromatic carbocycles. The number of hydrogen-bond acceptors (Lipinski definition) is 5. The van der Waals surface area contributed by atoms with Crippen LogP contribution in [-0.4, -0.2) is 40.3 Å². The van der Waals surface area contributed by atoms with Crippen molar-refractivity contribution in [1.29, 1.82) is 0 Å². The second-order valence-electron chi connectivity index (χ2n) is 6.84. The number of pyridine rings is 1. The third kappa shape index (κ3) is 4.11. The Morgan fingerprint density at radius 3 is 2.86 bits per heavy atom. The lowest BCUT2D eigenvalue weighted by Gasteiger charge is -2.09. The zero-order valence-electron chi connectivity index (χ0n) is 15.3. The van der Waals surface area contributed by atoms with Gasteiger partial charge in [-0.1, -0.05) is 30.3 Å². The van der Waals surface area contributed by atoms with Crippen LogP contribution in [0.5, 0.6) is 0 Å². The molecule has 8 heteroatoms. The van der Waals surface area contributed by atoms with Crippen LogP contribution in [0.2, 0.25) is 0 Å². The normalized spacial score (nSPS) is 17.9. The van der Waals surface area contributed by atoms with Crippen LogP contribution in [0, 0.1) is 0 Å². The molecule has 1 fully saturated rings. The number of benzene rings is 1. The Hall–Kier alpha value is -3.42. The minimum atomic E-state index is -0.263. The molecule has 2 heterocycles. The molecule has 2 aromatic heterocycles. The van der Waals surface area contributed by atoms with E-state index in [1.54, 1.807) is 18.3 Å². The van der Waals surface area contributed by atoms with E-state index in [4.69, 9.17) is 0 Å². The maximum atomic E-state index is 12.0. The number of urea groups is 1. The molecule has 0 aliphatic heterocycles. The van der Waals surface area contributed by atoms with Crippen LogP contribution in [-0.2, 0) is 0 Å². The summed E-state index contributed by atoms with van der Waals surface area (Å²) in [6, 6.07) is 13.7. The molecule has 1 aliphatic rings. The van der Waals surface area contributed by atoms with Crippen LogP contribution in [0.3, 0.4) is 0 Å². The van der Waals surface area contributed by atoms with Gasteiger partial charge in [-0.2, -0.15) is 5.10 Å². The van der Waals surface area contributed by atoms with Crippen LogP contribution >= 0.6 is 0 Å². The highest BCUT2D eigenvalue weighted by molar-refractivity contribution is 5.86. The molecule has 1 aliphatic carbocycles. The number of aromatic nitrogens is 3. The lowest BCUT2D eigenvalue weighted by molar-refractivity contribution is 0.240. The molecule has 2 atom stereocenters. The summed E-state index contributed by atoms with van der Waals surface area (Å²) in [5.74, 6) is 0.948. The maximum absolute atomic E-state index is 12.0. The first-order valence-electron chi connectivity index (χ1n) is 9.39. The second kappa shape index (κ2) is 8.08. The van der Waals surface area contributed by atoms with E-state index in [1.807, 2.05) is 18.2 Å². The van der Waals surface area contributed by atoms with Crippen molar-refractivity contribution in [2.75, 3.05) is 18.4 Å². The zero-order valence-corrected chi connectivity index (χ0v) is 15.3. The number of amides is 2. The van der Waals surface area contributed by atoms with Crippen molar-refractivity contribution >= 4 is 22.8 Å². The van der Waals surface area contributed by atoms with Crippen molar-refractivity contribution in [3.63, 3.8) is 0 Å². The Kier molecular flexibility index (Phi) is 5.18. The number of carbonyl (C=O) groups excluding carboxylic acids is 1. The third-order valence-electron chi connectivity index (χ3n) is 4.81. The van der Waals surface area contributed by atoms with Gasteiger partial charge in [0, 0.05) is 31.2 Å². The van der Waals surface area contributed by atoms with Gasteiger partial charge in [-0.3, -0.25) is 9.78 Å². The number of carbonyl (C=O) groups is 1. The number of rotatable bonds is 7. The highest BCUT2D eigenvalue weighted by Gasteiger charge is 2.39. The zero-order chi connectivity index (χ0) is 19.3. The molecule has 0 radical (unpaired) electrons. The fraction of sp³-hybridized carbons (Fsp3) is 0.300. The fourth-order valence-electron chi connectivity index (χ4n) is 3.26. The van der Waals surface area contributed by atoms with E-state index in [2.05, 4.69) is 43.3 Å². The van der Waals surface area contributed by atoms with Gasteiger partial charge in [-0.15, -0.1) is 0 Å². The number of aromatic amines is 1.